The number of nitrogens with one attached hydrogen (secondary N) is 1. The summed E-state index contributed by atoms with van der Waals surface area (Å²) in [6.07, 6.45) is -5.47. The molecule has 2 heterocycles. The molecule has 0 saturated carbocycles. The first-order valence-electron chi connectivity index (χ1n) is 13.6. The summed E-state index contributed by atoms with van der Waals surface area (Å²) >= 11 is 4.96. The van der Waals surface area contributed by atoms with Gasteiger partial charge in [0.05, 0.1) is 41.6 Å². The summed E-state index contributed by atoms with van der Waals surface area (Å²) in [5.41, 5.74) is 0.257. The highest BCUT2D eigenvalue weighted by atomic mass is 32.2. The first-order chi connectivity index (χ1) is 20.8. The summed E-state index contributed by atoms with van der Waals surface area (Å²) in [5, 5.41) is 2.09. The zero-order valence-corrected chi connectivity index (χ0v) is 25.8. The van der Waals surface area contributed by atoms with Gasteiger partial charge < -0.3 is 19.1 Å². The monoisotopic (exact) mass is 652 g/mol. The Morgan fingerprint density at radius 1 is 1.14 bits per heavy atom. The third-order valence-electron chi connectivity index (χ3n) is 6.51. The van der Waals surface area contributed by atoms with Crippen LogP contribution in [0.2, 0.25) is 0 Å². The van der Waals surface area contributed by atoms with Crippen molar-refractivity contribution in [2.24, 2.45) is 0 Å². The molecule has 0 aliphatic carbocycles. The second-order valence-electron chi connectivity index (χ2n) is 9.88. The number of rotatable bonds is 9. The van der Waals surface area contributed by atoms with Crippen LogP contribution in [0, 0.1) is 0 Å². The number of amides is 1. The average molecular weight is 653 g/mol. The number of halogens is 3. The standard InChI is InChI=1S/C29H31F3N4O6S2/c1-4-40-27(37)34-28(43)41-15-7-9-21-18-36(44(38,39)22-10-5-8-20(17-22)29(30,31)32)24-16-19(13-14-25(24)42-21)23-11-6-12-26(33-23)35(2)3/h5-6,8,10-14,16-17,21H,4,7,9,15,18H2,1-3H3,(H,34,37,43)/t21-/m0/s1. The number of ether oxygens (including phenoxy) is 3. The van der Waals surface area contributed by atoms with E-state index in [-0.39, 0.29) is 36.4 Å². The largest absolute Gasteiger partial charge is 0.486 e. The van der Waals surface area contributed by atoms with Crippen molar-refractivity contribution in [1.29, 1.82) is 0 Å². The second kappa shape index (κ2) is 13.7. The molecule has 0 unspecified atom stereocenters. The van der Waals surface area contributed by atoms with Gasteiger partial charge in [-0.1, -0.05) is 12.1 Å². The zero-order chi connectivity index (χ0) is 32.1. The molecule has 1 atom stereocenters. The SMILES string of the molecule is CCOC(=O)NC(=S)OCCC[C@H]1CN(S(=O)(=O)c2cccc(C(F)(F)F)c2)c2cc(-c3cccc(N(C)C)n3)ccc2O1. The van der Waals surface area contributed by atoms with Crippen LogP contribution in [-0.2, 0) is 25.7 Å². The predicted molar refractivity (Wildman–Crippen MR) is 162 cm³/mol. The van der Waals surface area contributed by atoms with Gasteiger partial charge in [0.25, 0.3) is 15.2 Å². The summed E-state index contributed by atoms with van der Waals surface area (Å²) in [5.74, 6) is 0.925. The molecule has 1 aliphatic heterocycles. The molecule has 0 fully saturated rings. The van der Waals surface area contributed by atoms with Gasteiger partial charge in [0, 0.05) is 19.7 Å². The van der Waals surface area contributed by atoms with Gasteiger partial charge in [-0.3, -0.25) is 9.62 Å². The number of thiocarbonyl (C=S) groups is 1. The molecule has 0 saturated heterocycles. The highest BCUT2D eigenvalue weighted by Crippen LogP contribution is 2.41. The van der Waals surface area contributed by atoms with Gasteiger partial charge >= 0.3 is 12.3 Å². The molecule has 1 amide bonds. The van der Waals surface area contributed by atoms with Gasteiger partial charge in [-0.2, -0.15) is 13.2 Å². The van der Waals surface area contributed by atoms with Gasteiger partial charge in [-0.05, 0) is 80.5 Å². The Labute approximate surface area is 258 Å². The minimum absolute atomic E-state index is 0.0884. The third-order valence-corrected chi connectivity index (χ3v) is 8.51. The van der Waals surface area contributed by atoms with Gasteiger partial charge in [0.1, 0.15) is 17.7 Å². The topological polar surface area (TPSA) is 110 Å². The van der Waals surface area contributed by atoms with E-state index in [2.05, 4.69) is 10.3 Å². The maximum atomic E-state index is 13.9. The van der Waals surface area contributed by atoms with E-state index in [0.29, 0.717) is 36.0 Å². The number of hydrogen-bond donors (Lipinski definition) is 1. The zero-order valence-electron chi connectivity index (χ0n) is 24.1. The van der Waals surface area contributed by atoms with Crippen LogP contribution in [0.4, 0.5) is 29.5 Å². The molecule has 1 N–H and O–H groups in total. The van der Waals surface area contributed by atoms with E-state index in [1.807, 2.05) is 31.1 Å². The molecule has 15 heteroatoms. The fraction of sp³-hybridized carbons (Fsp3) is 0.345. The molecule has 236 valence electrons. The fourth-order valence-electron chi connectivity index (χ4n) is 4.40. The number of carbonyl (C=O) groups excluding carboxylic acids is 1. The van der Waals surface area contributed by atoms with E-state index >= 15 is 0 Å². The van der Waals surface area contributed by atoms with E-state index in [9.17, 15) is 26.4 Å². The summed E-state index contributed by atoms with van der Waals surface area (Å²) < 4.78 is 85.6. The smallest absolute Gasteiger partial charge is 0.416 e. The Morgan fingerprint density at radius 3 is 2.59 bits per heavy atom. The Balaban J connectivity index is 1.62. The van der Waals surface area contributed by atoms with Crippen molar-refractivity contribution in [2.75, 3.05) is 43.1 Å². The molecule has 2 aromatic carbocycles. The first kappa shape index (κ1) is 32.8. The molecular formula is C29H31F3N4O6S2. The van der Waals surface area contributed by atoms with E-state index in [0.717, 1.165) is 22.5 Å². The van der Waals surface area contributed by atoms with Gasteiger partial charge in [-0.25, -0.2) is 18.2 Å². The molecule has 0 spiro atoms. The maximum Gasteiger partial charge on any atom is 0.416 e. The molecule has 1 aromatic heterocycles. The summed E-state index contributed by atoms with van der Waals surface area (Å²) in [6.45, 7) is 1.72. The molecule has 0 bridgehead atoms. The normalized spacial score (nSPS) is 14.7. The lowest BCUT2D eigenvalue weighted by molar-refractivity contribution is -0.137. The van der Waals surface area contributed by atoms with Gasteiger partial charge in [-0.15, -0.1) is 0 Å². The van der Waals surface area contributed by atoms with Crippen molar-refractivity contribution in [3.8, 4) is 17.0 Å². The first-order valence-corrected chi connectivity index (χ1v) is 15.4. The van der Waals surface area contributed by atoms with Crippen LogP contribution in [0.3, 0.4) is 0 Å². The number of hydrogen-bond acceptors (Lipinski definition) is 9. The van der Waals surface area contributed by atoms with Gasteiger partial charge in [0.15, 0.2) is 0 Å². The number of benzene rings is 2. The van der Waals surface area contributed by atoms with E-state index < -0.39 is 38.9 Å². The molecule has 4 rings (SSSR count). The number of pyridine rings is 1. The number of fused-ring (bicyclic) bond motifs is 1. The Kier molecular flexibility index (Phi) is 10.2. The Bertz CT molecular complexity index is 1620. The van der Waals surface area contributed by atoms with Crippen LogP contribution < -0.4 is 19.3 Å². The summed E-state index contributed by atoms with van der Waals surface area (Å²) in [4.78, 5) is 17.4. The van der Waals surface area contributed by atoms with Crippen molar-refractivity contribution in [1.82, 2.24) is 10.3 Å². The van der Waals surface area contributed by atoms with Crippen LogP contribution in [-0.4, -0.2) is 64.6 Å². The Morgan fingerprint density at radius 2 is 1.89 bits per heavy atom. The number of aromatic nitrogens is 1. The lowest BCUT2D eigenvalue weighted by atomic mass is 10.1. The maximum absolute atomic E-state index is 13.9. The summed E-state index contributed by atoms with van der Waals surface area (Å²) in [7, 11) is -0.785. The molecule has 1 aliphatic rings. The van der Waals surface area contributed by atoms with E-state index in [1.165, 1.54) is 0 Å². The average Bonchev–Trinajstić information content (AvgIpc) is 2.98. The summed E-state index contributed by atoms with van der Waals surface area (Å²) in [6, 6.07) is 14.0. The minimum Gasteiger partial charge on any atom is -0.486 e. The molecular weight excluding hydrogens is 621 g/mol. The highest BCUT2D eigenvalue weighted by Gasteiger charge is 2.37. The molecule has 44 heavy (non-hydrogen) atoms. The predicted octanol–water partition coefficient (Wildman–Crippen LogP) is 5.62. The number of alkyl carbamates (subject to hydrolysis) is 1. The van der Waals surface area contributed by atoms with Crippen molar-refractivity contribution < 1.29 is 40.6 Å². The highest BCUT2D eigenvalue weighted by molar-refractivity contribution is 7.92. The van der Waals surface area contributed by atoms with Crippen LogP contribution >= 0.6 is 12.2 Å². The minimum atomic E-state index is -4.73. The van der Waals surface area contributed by atoms with Crippen LogP contribution in [0.15, 0.2) is 65.6 Å². The van der Waals surface area contributed by atoms with E-state index in [1.54, 1.807) is 31.2 Å². The number of nitrogens with zero attached hydrogens (tertiary/aromatic N) is 3. The van der Waals surface area contributed by atoms with Gasteiger partial charge in [0.2, 0.25) is 0 Å². The van der Waals surface area contributed by atoms with Crippen molar-refractivity contribution >= 4 is 45.0 Å². The second-order valence-corrected chi connectivity index (χ2v) is 12.1. The third kappa shape index (κ3) is 7.88. The quantitative estimate of drug-likeness (QED) is 0.233. The molecule has 0 radical (unpaired) electrons. The van der Waals surface area contributed by atoms with Crippen molar-refractivity contribution in [3.63, 3.8) is 0 Å². The number of anilines is 2. The van der Waals surface area contributed by atoms with E-state index in [4.69, 9.17) is 26.4 Å². The number of sulfonamides is 1. The lowest BCUT2D eigenvalue weighted by Crippen LogP contribution is -2.43. The number of alkyl halides is 3. The fourth-order valence-corrected chi connectivity index (χ4v) is 6.12. The lowest BCUT2D eigenvalue weighted by Gasteiger charge is -2.36. The molecule has 10 nitrogen and oxygen atoms in total. The van der Waals surface area contributed by atoms with Crippen LogP contribution in [0.1, 0.15) is 25.3 Å². The van der Waals surface area contributed by atoms with Crippen molar-refractivity contribution in [2.45, 2.75) is 36.9 Å². The Hall–Kier alpha value is -4.11. The number of carbonyl (C=O) groups is 1. The van der Waals surface area contributed by atoms with Crippen molar-refractivity contribution in [3.05, 3.63) is 66.2 Å². The van der Waals surface area contributed by atoms with Crippen LogP contribution in [0.5, 0.6) is 5.75 Å². The van der Waals surface area contributed by atoms with Crippen LogP contribution in [0.25, 0.3) is 11.3 Å². The molecule has 3 aromatic rings.